The van der Waals surface area contributed by atoms with Gasteiger partial charge in [0.05, 0.1) is 5.56 Å². The minimum atomic E-state index is -2.56. The minimum Gasteiger partial charge on any atom is -0.508 e. The summed E-state index contributed by atoms with van der Waals surface area (Å²) in [4.78, 5) is 37.7. The van der Waals surface area contributed by atoms with E-state index in [0.717, 1.165) is 16.7 Å². The quantitative estimate of drug-likeness (QED) is 0.329. The Morgan fingerprint density at radius 2 is 1.72 bits per heavy atom. The van der Waals surface area contributed by atoms with Crippen molar-refractivity contribution in [3.63, 3.8) is 0 Å². The number of rotatable bonds is 3. The summed E-state index contributed by atoms with van der Waals surface area (Å²) >= 11 is 0. The van der Waals surface area contributed by atoms with Crippen LogP contribution in [0.25, 0.3) is 17.9 Å². The predicted octanol–water partition coefficient (Wildman–Crippen LogP) is 2.90. The highest BCUT2D eigenvalue weighted by molar-refractivity contribution is 6.22. The number of nitrogens with two attached hydrogens (primary N) is 1. The van der Waals surface area contributed by atoms with Gasteiger partial charge in [0.25, 0.3) is 5.91 Å². The Hall–Kier alpha value is -4.17. The molecule has 2 aromatic carbocycles. The Bertz CT molecular complexity index is 1430. The number of phenolic OH excluding ortho intramolecular Hbond substituents is 1. The summed E-state index contributed by atoms with van der Waals surface area (Å²) in [6.07, 6.45) is 3.78. The van der Waals surface area contributed by atoms with Crippen molar-refractivity contribution in [2.75, 3.05) is 0 Å². The van der Waals surface area contributed by atoms with E-state index in [-0.39, 0.29) is 36.1 Å². The third-order valence-corrected chi connectivity index (χ3v) is 7.52. The van der Waals surface area contributed by atoms with E-state index in [1.54, 1.807) is 6.07 Å². The minimum absolute atomic E-state index is 0.0770. The van der Waals surface area contributed by atoms with Crippen LogP contribution < -0.4 is 5.73 Å². The number of aryl methyl sites for hydroxylation is 1. The lowest BCUT2D eigenvalue weighted by Gasteiger charge is -2.46. The standard InChI is InChI=1S/C28H25NO7/c1-13-2-4-14(5-3-13)6-7-15-8-9-19(30)22-18(15)11-16-10-17-12-20(31)23(27(29)35)26(34)28(17,36)25(33)21(16)24(22)32/h2-9,16-17,30,32,34,36H,10-12H2,1H3,(H2,29,35)/b7-6+/t16-,17+,28+/m1/s1. The molecule has 184 valence electrons. The summed E-state index contributed by atoms with van der Waals surface area (Å²) in [5.74, 6) is -6.36. The summed E-state index contributed by atoms with van der Waals surface area (Å²) in [6, 6.07) is 11.0. The molecule has 3 aliphatic rings. The van der Waals surface area contributed by atoms with Gasteiger partial charge in [0.15, 0.2) is 11.4 Å². The van der Waals surface area contributed by atoms with Crippen LogP contribution >= 0.6 is 0 Å². The molecule has 5 rings (SSSR count). The van der Waals surface area contributed by atoms with Gasteiger partial charge in [-0.05, 0) is 48.4 Å². The molecule has 1 saturated carbocycles. The lowest BCUT2D eigenvalue weighted by Crippen LogP contribution is -2.58. The molecule has 3 aliphatic carbocycles. The molecule has 0 aliphatic heterocycles. The molecule has 8 nitrogen and oxygen atoms in total. The van der Waals surface area contributed by atoms with E-state index < -0.39 is 52.0 Å². The summed E-state index contributed by atoms with van der Waals surface area (Å²) in [5, 5.41) is 43.7. The van der Waals surface area contributed by atoms with Gasteiger partial charge in [0.2, 0.25) is 5.78 Å². The number of aliphatic hydroxyl groups excluding tert-OH is 2. The number of hydrogen-bond donors (Lipinski definition) is 5. The lowest BCUT2D eigenvalue weighted by molar-refractivity contribution is -0.147. The van der Waals surface area contributed by atoms with Gasteiger partial charge in [-0.3, -0.25) is 14.4 Å². The van der Waals surface area contributed by atoms with E-state index in [4.69, 9.17) is 5.73 Å². The number of aliphatic hydroxyl groups is 3. The summed E-state index contributed by atoms with van der Waals surface area (Å²) in [6.45, 7) is 1.99. The number of phenols is 1. The average molecular weight is 488 g/mol. The van der Waals surface area contributed by atoms with Crippen molar-refractivity contribution in [2.24, 2.45) is 17.6 Å². The summed E-state index contributed by atoms with van der Waals surface area (Å²) in [5.41, 5.74) is 5.23. The Balaban J connectivity index is 1.62. The first-order valence-electron chi connectivity index (χ1n) is 11.6. The van der Waals surface area contributed by atoms with E-state index in [1.807, 2.05) is 43.3 Å². The SMILES string of the molecule is Cc1ccc(/C=C/c2ccc(O)c3c2C[C@H]2C[C@H]4CC(=O)C(C(N)=O)=C(O)[C@@]4(O)C(=O)C2=C3O)cc1. The monoisotopic (exact) mass is 487 g/mol. The van der Waals surface area contributed by atoms with E-state index in [0.29, 0.717) is 5.56 Å². The fraction of sp³-hybridized carbons (Fsp3) is 0.250. The second kappa shape index (κ2) is 8.20. The van der Waals surface area contributed by atoms with Gasteiger partial charge in [-0.1, -0.05) is 48.0 Å². The van der Waals surface area contributed by atoms with E-state index in [1.165, 1.54) is 6.07 Å². The van der Waals surface area contributed by atoms with Gasteiger partial charge >= 0.3 is 0 Å². The zero-order valence-corrected chi connectivity index (χ0v) is 19.5. The van der Waals surface area contributed by atoms with Gasteiger partial charge < -0.3 is 26.2 Å². The maximum atomic E-state index is 13.5. The van der Waals surface area contributed by atoms with Crippen LogP contribution in [0.3, 0.4) is 0 Å². The van der Waals surface area contributed by atoms with E-state index >= 15 is 0 Å². The molecule has 0 saturated heterocycles. The maximum absolute atomic E-state index is 13.5. The number of ketones is 2. The molecule has 0 aromatic heterocycles. The number of hydrogen-bond acceptors (Lipinski definition) is 7. The van der Waals surface area contributed by atoms with Crippen molar-refractivity contribution in [3.05, 3.63) is 81.1 Å². The normalized spacial score (nSPS) is 25.6. The molecular weight excluding hydrogens is 462 g/mol. The van der Waals surface area contributed by atoms with E-state index in [2.05, 4.69) is 0 Å². The molecule has 0 spiro atoms. The summed E-state index contributed by atoms with van der Waals surface area (Å²) < 4.78 is 0. The Morgan fingerprint density at radius 3 is 2.39 bits per heavy atom. The van der Waals surface area contributed by atoms with Crippen LogP contribution in [-0.2, 0) is 20.8 Å². The number of benzene rings is 2. The molecule has 1 amide bonds. The fourth-order valence-electron chi connectivity index (χ4n) is 5.67. The van der Waals surface area contributed by atoms with Crippen LogP contribution in [0.2, 0.25) is 0 Å². The van der Waals surface area contributed by atoms with Crippen LogP contribution in [0, 0.1) is 18.8 Å². The van der Waals surface area contributed by atoms with E-state index in [9.17, 15) is 34.8 Å². The van der Waals surface area contributed by atoms with Gasteiger partial charge in [0.1, 0.15) is 22.8 Å². The van der Waals surface area contributed by atoms with Gasteiger partial charge in [-0.15, -0.1) is 0 Å². The van der Waals surface area contributed by atoms with Crippen LogP contribution in [0.1, 0.15) is 40.7 Å². The first-order chi connectivity index (χ1) is 17.0. The molecule has 0 heterocycles. The van der Waals surface area contributed by atoms with Gasteiger partial charge in [0, 0.05) is 17.9 Å². The van der Waals surface area contributed by atoms with Crippen molar-refractivity contribution < 1.29 is 34.8 Å². The number of amides is 1. The fourth-order valence-corrected chi connectivity index (χ4v) is 5.67. The molecular formula is C28H25NO7. The lowest BCUT2D eigenvalue weighted by atomic mass is 9.59. The highest BCUT2D eigenvalue weighted by atomic mass is 16.3. The Morgan fingerprint density at radius 1 is 1.03 bits per heavy atom. The largest absolute Gasteiger partial charge is 0.508 e. The van der Waals surface area contributed by atoms with Crippen LogP contribution in [-0.4, -0.2) is 43.5 Å². The highest BCUT2D eigenvalue weighted by Gasteiger charge is 2.60. The number of primary amides is 1. The number of fused-ring (bicyclic) bond motifs is 3. The van der Waals surface area contributed by atoms with Crippen molar-refractivity contribution in [1.29, 1.82) is 0 Å². The highest BCUT2D eigenvalue weighted by Crippen LogP contribution is 2.52. The average Bonchev–Trinajstić information content (AvgIpc) is 2.81. The molecule has 36 heavy (non-hydrogen) atoms. The van der Waals surface area contributed by atoms with Crippen molar-refractivity contribution in [2.45, 2.75) is 31.8 Å². The number of carbonyl (C=O) groups is 3. The first kappa shape index (κ1) is 23.6. The predicted molar refractivity (Wildman–Crippen MR) is 131 cm³/mol. The van der Waals surface area contributed by atoms with Gasteiger partial charge in [-0.2, -0.15) is 0 Å². The first-order valence-corrected chi connectivity index (χ1v) is 11.6. The molecule has 3 atom stereocenters. The topological polar surface area (TPSA) is 158 Å². The molecule has 0 bridgehead atoms. The van der Waals surface area contributed by atoms with Crippen LogP contribution in [0.15, 0.2) is 53.3 Å². The van der Waals surface area contributed by atoms with Crippen LogP contribution in [0.4, 0.5) is 0 Å². The summed E-state index contributed by atoms with van der Waals surface area (Å²) in [7, 11) is 0. The second-order valence-corrected chi connectivity index (χ2v) is 9.68. The molecule has 8 heteroatoms. The zero-order valence-electron chi connectivity index (χ0n) is 19.5. The Labute approximate surface area is 206 Å². The third kappa shape index (κ3) is 3.37. The van der Waals surface area contributed by atoms with Gasteiger partial charge in [-0.25, -0.2) is 0 Å². The second-order valence-electron chi connectivity index (χ2n) is 9.68. The Kier molecular flexibility index (Phi) is 5.37. The molecule has 0 radical (unpaired) electrons. The number of carbonyl (C=O) groups excluding carboxylic acids is 3. The van der Waals surface area contributed by atoms with Crippen LogP contribution in [0.5, 0.6) is 5.75 Å². The molecule has 6 N–H and O–H groups in total. The number of Topliss-reactive ketones (excluding diaryl/α,β-unsaturated/α-hetero) is 2. The zero-order chi connectivity index (χ0) is 25.9. The van der Waals surface area contributed by atoms with Crippen molar-refractivity contribution in [3.8, 4) is 5.75 Å². The molecule has 2 aromatic rings. The molecule has 1 fully saturated rings. The smallest absolute Gasteiger partial charge is 0.255 e. The van der Waals surface area contributed by atoms with Crippen molar-refractivity contribution >= 4 is 35.4 Å². The maximum Gasteiger partial charge on any atom is 0.255 e. The molecule has 0 unspecified atom stereocenters. The number of aromatic hydroxyl groups is 1. The third-order valence-electron chi connectivity index (χ3n) is 7.52. The van der Waals surface area contributed by atoms with Crippen molar-refractivity contribution in [1.82, 2.24) is 0 Å².